The molecule has 1 fully saturated rings. The molecule has 0 aliphatic heterocycles. The van der Waals surface area contributed by atoms with Crippen molar-refractivity contribution in [3.8, 4) is 0 Å². The van der Waals surface area contributed by atoms with Crippen LogP contribution >= 0.6 is 34.8 Å². The quantitative estimate of drug-likeness (QED) is 0.782. The van der Waals surface area contributed by atoms with E-state index in [-0.39, 0.29) is 0 Å². The van der Waals surface area contributed by atoms with Crippen LogP contribution in [0.3, 0.4) is 0 Å². The summed E-state index contributed by atoms with van der Waals surface area (Å²) in [6.07, 6.45) is 5.07. The molecule has 0 spiro atoms. The highest BCUT2D eigenvalue weighted by Crippen LogP contribution is 2.26. The summed E-state index contributed by atoms with van der Waals surface area (Å²) in [4.78, 5) is 0. The summed E-state index contributed by atoms with van der Waals surface area (Å²) in [5.41, 5.74) is 1.17. The molecule has 1 N–H and O–H groups in total. The topological polar surface area (TPSA) is 12.0 Å². The highest BCUT2D eigenvalue weighted by molar-refractivity contribution is 6.42. The molecule has 1 nitrogen and oxygen atoms in total. The normalized spacial score (nSPS) is 24.2. The van der Waals surface area contributed by atoms with Gasteiger partial charge >= 0.3 is 0 Å². The number of alkyl halides is 1. The molecule has 0 radical (unpaired) electrons. The van der Waals surface area contributed by atoms with Crippen molar-refractivity contribution in [3.05, 3.63) is 33.8 Å². The van der Waals surface area contributed by atoms with Crippen LogP contribution in [-0.2, 0) is 6.54 Å². The minimum absolute atomic E-state index is 0.533. The third kappa shape index (κ3) is 3.77. The van der Waals surface area contributed by atoms with E-state index in [0.717, 1.165) is 12.4 Å². The first kappa shape index (κ1) is 14.5. The maximum Gasteiger partial charge on any atom is 0.0595 e. The van der Waals surface area contributed by atoms with Gasteiger partial charge in [0.05, 0.1) is 10.0 Å². The first-order chi connectivity index (χ1) is 8.70. The molecule has 0 heterocycles. The Hall–Kier alpha value is 0.0500. The smallest absolute Gasteiger partial charge is 0.0595 e. The zero-order chi connectivity index (χ0) is 13.0. The summed E-state index contributed by atoms with van der Waals surface area (Å²) in [5.74, 6) is 1.35. The van der Waals surface area contributed by atoms with Gasteiger partial charge in [-0.1, -0.05) is 42.1 Å². The molecule has 0 bridgehead atoms. The molecule has 2 rings (SSSR count). The van der Waals surface area contributed by atoms with E-state index >= 15 is 0 Å². The highest BCUT2D eigenvalue weighted by atomic mass is 35.5. The molecular formula is C14H18Cl3N. The molecule has 0 saturated heterocycles. The average Bonchev–Trinajstić information content (AvgIpc) is 2.40. The average molecular weight is 307 g/mol. The minimum Gasteiger partial charge on any atom is -0.310 e. The van der Waals surface area contributed by atoms with E-state index in [1.54, 1.807) is 0 Å². The fourth-order valence-electron chi connectivity index (χ4n) is 2.56. The number of hydrogen-bond donors (Lipinski definition) is 1. The van der Waals surface area contributed by atoms with E-state index in [1.165, 1.54) is 31.2 Å². The van der Waals surface area contributed by atoms with Crippen LogP contribution in [0.2, 0.25) is 10.0 Å². The summed E-state index contributed by atoms with van der Waals surface area (Å²) < 4.78 is 0. The summed E-state index contributed by atoms with van der Waals surface area (Å²) in [7, 11) is 0. The predicted octanol–water partition coefficient (Wildman–Crippen LogP) is 4.88. The highest BCUT2D eigenvalue weighted by Gasteiger charge is 2.23. The van der Waals surface area contributed by atoms with Crippen LogP contribution in [0.4, 0.5) is 0 Å². The maximum atomic E-state index is 6.02. The molecule has 100 valence electrons. The SMILES string of the molecule is ClCC1CCCCC1NCc1ccc(Cl)c(Cl)c1. The summed E-state index contributed by atoms with van der Waals surface area (Å²) in [6.45, 7) is 0.828. The molecule has 1 aromatic carbocycles. The lowest BCUT2D eigenvalue weighted by atomic mass is 9.85. The lowest BCUT2D eigenvalue weighted by Crippen LogP contribution is -2.38. The standard InChI is InChI=1S/C14H18Cl3N/c15-8-11-3-1-2-4-14(11)18-9-10-5-6-12(16)13(17)7-10/h5-7,11,14,18H,1-4,8-9H2. The predicted molar refractivity (Wildman–Crippen MR) is 79.8 cm³/mol. The second kappa shape index (κ2) is 7.00. The van der Waals surface area contributed by atoms with Gasteiger partial charge in [0.15, 0.2) is 0 Å². The summed E-state index contributed by atoms with van der Waals surface area (Å²) in [5, 5.41) is 4.83. The van der Waals surface area contributed by atoms with Gasteiger partial charge in [-0.05, 0) is 36.5 Å². The Morgan fingerprint density at radius 1 is 1.11 bits per heavy atom. The fourth-order valence-corrected chi connectivity index (χ4v) is 3.25. The Kier molecular flexibility index (Phi) is 5.62. The largest absolute Gasteiger partial charge is 0.310 e. The van der Waals surface area contributed by atoms with Crippen LogP contribution in [0, 0.1) is 5.92 Å². The molecule has 1 saturated carbocycles. The Morgan fingerprint density at radius 2 is 1.89 bits per heavy atom. The van der Waals surface area contributed by atoms with Crippen LogP contribution in [0.25, 0.3) is 0 Å². The van der Waals surface area contributed by atoms with Gasteiger partial charge in [0.2, 0.25) is 0 Å². The molecule has 1 aliphatic carbocycles. The molecule has 0 amide bonds. The molecule has 1 aromatic rings. The minimum atomic E-state index is 0.533. The van der Waals surface area contributed by atoms with Crippen molar-refractivity contribution in [2.75, 3.05) is 5.88 Å². The van der Waals surface area contributed by atoms with Gasteiger partial charge in [-0.25, -0.2) is 0 Å². The number of benzene rings is 1. The van der Waals surface area contributed by atoms with Gasteiger partial charge in [0, 0.05) is 18.5 Å². The van der Waals surface area contributed by atoms with Gasteiger partial charge in [0.25, 0.3) is 0 Å². The van der Waals surface area contributed by atoms with E-state index in [9.17, 15) is 0 Å². The van der Waals surface area contributed by atoms with E-state index < -0.39 is 0 Å². The van der Waals surface area contributed by atoms with Crippen molar-refractivity contribution in [3.63, 3.8) is 0 Å². The number of hydrogen-bond acceptors (Lipinski definition) is 1. The zero-order valence-corrected chi connectivity index (χ0v) is 12.5. The molecule has 2 atom stereocenters. The molecule has 2 unspecified atom stereocenters. The molecule has 0 aromatic heterocycles. The number of nitrogens with one attached hydrogen (secondary N) is 1. The summed E-state index contributed by atoms with van der Waals surface area (Å²) >= 11 is 17.9. The Bertz CT molecular complexity index is 395. The van der Waals surface area contributed by atoms with Gasteiger partial charge in [0.1, 0.15) is 0 Å². The van der Waals surface area contributed by atoms with Crippen LogP contribution in [0.5, 0.6) is 0 Å². The van der Waals surface area contributed by atoms with Crippen LogP contribution in [0.1, 0.15) is 31.2 Å². The third-order valence-corrected chi connectivity index (χ3v) is 4.80. The van der Waals surface area contributed by atoms with Gasteiger partial charge in [-0.15, -0.1) is 11.6 Å². The number of halogens is 3. The lowest BCUT2D eigenvalue weighted by Gasteiger charge is -2.31. The van der Waals surface area contributed by atoms with Gasteiger partial charge in [-0.3, -0.25) is 0 Å². The van der Waals surface area contributed by atoms with E-state index in [2.05, 4.69) is 5.32 Å². The van der Waals surface area contributed by atoms with Crippen molar-refractivity contribution >= 4 is 34.8 Å². The molecular weight excluding hydrogens is 289 g/mol. The Morgan fingerprint density at radius 3 is 2.61 bits per heavy atom. The second-order valence-corrected chi connectivity index (χ2v) is 6.06. The van der Waals surface area contributed by atoms with Crippen molar-refractivity contribution in [1.29, 1.82) is 0 Å². The zero-order valence-electron chi connectivity index (χ0n) is 10.3. The molecule has 18 heavy (non-hydrogen) atoms. The first-order valence-electron chi connectivity index (χ1n) is 6.44. The van der Waals surface area contributed by atoms with E-state index in [1.807, 2.05) is 18.2 Å². The van der Waals surface area contributed by atoms with Gasteiger partial charge < -0.3 is 5.32 Å². The van der Waals surface area contributed by atoms with Crippen molar-refractivity contribution in [2.45, 2.75) is 38.3 Å². The second-order valence-electron chi connectivity index (χ2n) is 4.93. The maximum absolute atomic E-state index is 6.02. The van der Waals surface area contributed by atoms with Crippen molar-refractivity contribution in [2.24, 2.45) is 5.92 Å². The molecule has 4 heteroatoms. The number of rotatable bonds is 4. The van der Waals surface area contributed by atoms with Crippen LogP contribution < -0.4 is 5.32 Å². The van der Waals surface area contributed by atoms with E-state index in [0.29, 0.717) is 22.0 Å². The Balaban J connectivity index is 1.91. The van der Waals surface area contributed by atoms with Gasteiger partial charge in [-0.2, -0.15) is 0 Å². The monoisotopic (exact) mass is 305 g/mol. The summed E-state index contributed by atoms with van der Waals surface area (Å²) in [6, 6.07) is 6.32. The Labute approximate surface area is 124 Å². The third-order valence-electron chi connectivity index (χ3n) is 3.66. The van der Waals surface area contributed by atoms with Crippen LogP contribution in [-0.4, -0.2) is 11.9 Å². The van der Waals surface area contributed by atoms with Crippen LogP contribution in [0.15, 0.2) is 18.2 Å². The first-order valence-corrected chi connectivity index (χ1v) is 7.73. The lowest BCUT2D eigenvalue weighted by molar-refractivity contribution is 0.282. The molecule has 1 aliphatic rings. The van der Waals surface area contributed by atoms with Crippen molar-refractivity contribution in [1.82, 2.24) is 5.32 Å². The fraction of sp³-hybridized carbons (Fsp3) is 0.571. The van der Waals surface area contributed by atoms with Crippen molar-refractivity contribution < 1.29 is 0 Å². The van der Waals surface area contributed by atoms with E-state index in [4.69, 9.17) is 34.8 Å².